The SMILES string of the molecule is COc1ccc(/C=N/Nc2cc(C)nc3c(C)cccc23)c2ccccc12. The van der Waals surface area contributed by atoms with Crippen molar-refractivity contribution in [3.63, 3.8) is 0 Å². The molecule has 3 aromatic carbocycles. The molecule has 134 valence electrons. The molecule has 0 atom stereocenters. The maximum absolute atomic E-state index is 5.46. The van der Waals surface area contributed by atoms with Gasteiger partial charge in [-0.1, -0.05) is 42.5 Å². The van der Waals surface area contributed by atoms with Gasteiger partial charge in [0.05, 0.1) is 24.5 Å². The summed E-state index contributed by atoms with van der Waals surface area (Å²) in [7, 11) is 1.69. The number of fused-ring (bicyclic) bond motifs is 2. The molecule has 1 N–H and O–H groups in total. The predicted octanol–water partition coefficient (Wildman–Crippen LogP) is 5.46. The fourth-order valence-corrected chi connectivity index (χ4v) is 3.37. The number of hydrazone groups is 1. The highest BCUT2D eigenvalue weighted by Crippen LogP contribution is 2.28. The van der Waals surface area contributed by atoms with Gasteiger partial charge < -0.3 is 4.74 Å². The Hall–Kier alpha value is -3.40. The smallest absolute Gasteiger partial charge is 0.126 e. The average molecular weight is 355 g/mol. The zero-order valence-corrected chi connectivity index (χ0v) is 15.7. The molecule has 0 saturated carbocycles. The van der Waals surface area contributed by atoms with Crippen LogP contribution in [-0.4, -0.2) is 18.3 Å². The molecule has 0 amide bonds. The molecule has 0 saturated heterocycles. The van der Waals surface area contributed by atoms with Gasteiger partial charge in [0, 0.05) is 22.0 Å². The van der Waals surface area contributed by atoms with E-state index in [4.69, 9.17) is 4.74 Å². The number of nitrogens with one attached hydrogen (secondary N) is 1. The quantitative estimate of drug-likeness (QED) is 0.390. The zero-order chi connectivity index (χ0) is 18.8. The van der Waals surface area contributed by atoms with Gasteiger partial charge in [-0.2, -0.15) is 5.10 Å². The van der Waals surface area contributed by atoms with E-state index in [9.17, 15) is 0 Å². The first-order chi connectivity index (χ1) is 13.2. The van der Waals surface area contributed by atoms with Crippen LogP contribution in [0.15, 0.2) is 65.8 Å². The maximum Gasteiger partial charge on any atom is 0.126 e. The maximum atomic E-state index is 5.46. The van der Waals surface area contributed by atoms with E-state index in [1.807, 2.05) is 49.5 Å². The van der Waals surface area contributed by atoms with Crippen molar-refractivity contribution < 1.29 is 4.74 Å². The Morgan fingerprint density at radius 3 is 2.52 bits per heavy atom. The molecular weight excluding hydrogens is 334 g/mol. The molecule has 0 fully saturated rings. The molecular formula is C23H21N3O. The van der Waals surface area contributed by atoms with E-state index in [1.54, 1.807) is 7.11 Å². The van der Waals surface area contributed by atoms with E-state index in [2.05, 4.69) is 46.7 Å². The van der Waals surface area contributed by atoms with Gasteiger partial charge in [0.15, 0.2) is 0 Å². The summed E-state index contributed by atoms with van der Waals surface area (Å²) < 4.78 is 5.46. The molecule has 4 aromatic rings. The van der Waals surface area contributed by atoms with Crippen molar-refractivity contribution in [2.75, 3.05) is 12.5 Å². The number of nitrogens with zero attached hydrogens (tertiary/aromatic N) is 2. The molecule has 1 aromatic heterocycles. The van der Waals surface area contributed by atoms with Crippen LogP contribution in [0.25, 0.3) is 21.7 Å². The van der Waals surface area contributed by atoms with E-state index in [-0.39, 0.29) is 0 Å². The summed E-state index contributed by atoms with van der Waals surface area (Å²) in [4.78, 5) is 4.66. The summed E-state index contributed by atoms with van der Waals surface area (Å²) in [6, 6.07) is 20.4. The third-order valence-corrected chi connectivity index (χ3v) is 4.70. The molecule has 0 radical (unpaired) electrons. The van der Waals surface area contributed by atoms with Crippen LogP contribution in [0, 0.1) is 13.8 Å². The topological polar surface area (TPSA) is 46.5 Å². The first-order valence-corrected chi connectivity index (χ1v) is 8.89. The molecule has 0 aliphatic carbocycles. The number of pyridine rings is 1. The van der Waals surface area contributed by atoms with Gasteiger partial charge in [-0.05, 0) is 43.0 Å². The Labute approximate surface area is 158 Å². The van der Waals surface area contributed by atoms with Crippen LogP contribution in [0.3, 0.4) is 0 Å². The second kappa shape index (κ2) is 7.08. The molecule has 0 spiro atoms. The number of rotatable bonds is 4. The van der Waals surface area contributed by atoms with Gasteiger partial charge in [-0.25, -0.2) is 0 Å². The fourth-order valence-electron chi connectivity index (χ4n) is 3.37. The summed E-state index contributed by atoms with van der Waals surface area (Å²) in [5, 5.41) is 7.74. The first-order valence-electron chi connectivity index (χ1n) is 8.89. The van der Waals surface area contributed by atoms with E-state index in [0.29, 0.717) is 0 Å². The highest BCUT2D eigenvalue weighted by atomic mass is 16.5. The van der Waals surface area contributed by atoms with E-state index < -0.39 is 0 Å². The number of ether oxygens (including phenoxy) is 1. The number of methoxy groups -OCH3 is 1. The number of anilines is 1. The number of para-hydroxylation sites is 1. The van der Waals surface area contributed by atoms with Crippen LogP contribution >= 0.6 is 0 Å². The molecule has 0 aliphatic heterocycles. The van der Waals surface area contributed by atoms with Crippen molar-refractivity contribution in [3.05, 3.63) is 77.5 Å². The van der Waals surface area contributed by atoms with Gasteiger partial charge in [0.25, 0.3) is 0 Å². The van der Waals surface area contributed by atoms with Crippen molar-refractivity contribution in [1.29, 1.82) is 0 Å². The van der Waals surface area contributed by atoms with Crippen LogP contribution in [0.5, 0.6) is 5.75 Å². The lowest BCUT2D eigenvalue weighted by Gasteiger charge is -2.10. The number of aryl methyl sites for hydroxylation is 2. The Kier molecular flexibility index (Phi) is 4.47. The normalized spacial score (nSPS) is 11.4. The second-order valence-electron chi connectivity index (χ2n) is 6.55. The number of benzene rings is 3. The number of hydrogen-bond acceptors (Lipinski definition) is 4. The highest BCUT2D eigenvalue weighted by molar-refractivity contribution is 6.02. The lowest BCUT2D eigenvalue weighted by atomic mass is 10.0. The fraction of sp³-hybridized carbons (Fsp3) is 0.130. The summed E-state index contributed by atoms with van der Waals surface area (Å²) in [5.74, 6) is 0.863. The first kappa shape index (κ1) is 17.0. The second-order valence-corrected chi connectivity index (χ2v) is 6.55. The molecule has 27 heavy (non-hydrogen) atoms. The van der Waals surface area contributed by atoms with Gasteiger partial charge in [-0.15, -0.1) is 0 Å². The van der Waals surface area contributed by atoms with E-state index >= 15 is 0 Å². The summed E-state index contributed by atoms with van der Waals surface area (Å²) in [6.07, 6.45) is 1.85. The van der Waals surface area contributed by atoms with Crippen LogP contribution < -0.4 is 10.2 Å². The molecule has 0 aliphatic rings. The van der Waals surface area contributed by atoms with Crippen molar-refractivity contribution in [2.24, 2.45) is 5.10 Å². The minimum Gasteiger partial charge on any atom is -0.496 e. The van der Waals surface area contributed by atoms with E-state index in [0.717, 1.165) is 49.9 Å². The molecule has 4 rings (SSSR count). The summed E-state index contributed by atoms with van der Waals surface area (Å²) in [5.41, 5.74) is 8.31. The Morgan fingerprint density at radius 1 is 0.926 bits per heavy atom. The Morgan fingerprint density at radius 2 is 1.70 bits per heavy atom. The molecule has 4 nitrogen and oxygen atoms in total. The van der Waals surface area contributed by atoms with Crippen LogP contribution in [-0.2, 0) is 0 Å². The summed E-state index contributed by atoms with van der Waals surface area (Å²) >= 11 is 0. The Bertz CT molecular complexity index is 1170. The van der Waals surface area contributed by atoms with Crippen LogP contribution in [0.2, 0.25) is 0 Å². The highest BCUT2D eigenvalue weighted by Gasteiger charge is 2.06. The van der Waals surface area contributed by atoms with Crippen LogP contribution in [0.1, 0.15) is 16.8 Å². The van der Waals surface area contributed by atoms with Gasteiger partial charge >= 0.3 is 0 Å². The monoisotopic (exact) mass is 355 g/mol. The third kappa shape index (κ3) is 3.22. The van der Waals surface area contributed by atoms with Gasteiger partial charge in [0.2, 0.25) is 0 Å². The van der Waals surface area contributed by atoms with Crippen molar-refractivity contribution in [3.8, 4) is 5.75 Å². The minimum absolute atomic E-state index is 0.863. The average Bonchev–Trinajstić information content (AvgIpc) is 2.69. The van der Waals surface area contributed by atoms with Crippen molar-refractivity contribution in [2.45, 2.75) is 13.8 Å². The van der Waals surface area contributed by atoms with Gasteiger partial charge in [-0.3, -0.25) is 10.4 Å². The number of hydrogen-bond donors (Lipinski definition) is 1. The third-order valence-electron chi connectivity index (χ3n) is 4.70. The standard InChI is InChI=1S/C23H21N3O/c1-15-7-6-10-20-21(13-16(2)25-23(15)20)26-24-14-17-11-12-22(27-3)19-9-5-4-8-18(17)19/h4-14H,1-3H3,(H,25,26)/b24-14+. The van der Waals surface area contributed by atoms with E-state index in [1.165, 1.54) is 0 Å². The number of aromatic nitrogens is 1. The molecule has 0 unspecified atom stereocenters. The van der Waals surface area contributed by atoms with Gasteiger partial charge in [0.1, 0.15) is 5.75 Å². The molecule has 4 heteroatoms. The molecule has 1 heterocycles. The van der Waals surface area contributed by atoms with Crippen LogP contribution in [0.4, 0.5) is 5.69 Å². The minimum atomic E-state index is 0.863. The van der Waals surface area contributed by atoms with Crippen molar-refractivity contribution >= 4 is 33.6 Å². The lowest BCUT2D eigenvalue weighted by Crippen LogP contribution is -1.96. The molecule has 0 bridgehead atoms. The van der Waals surface area contributed by atoms with Crippen molar-refractivity contribution in [1.82, 2.24) is 4.98 Å². The predicted molar refractivity (Wildman–Crippen MR) is 113 cm³/mol. The largest absolute Gasteiger partial charge is 0.496 e. The lowest BCUT2D eigenvalue weighted by molar-refractivity contribution is 0.420. The summed E-state index contributed by atoms with van der Waals surface area (Å²) in [6.45, 7) is 4.07. The Balaban J connectivity index is 1.71. The zero-order valence-electron chi connectivity index (χ0n) is 15.7.